The number of ether oxygens (including phenoxy) is 2. The van der Waals surface area contributed by atoms with Crippen molar-refractivity contribution >= 4 is 30.4 Å². The second-order valence-corrected chi connectivity index (χ2v) is 11.8. The first-order valence-corrected chi connectivity index (χ1v) is 15.1. The highest BCUT2D eigenvalue weighted by Crippen LogP contribution is 2.61. The standard InChI is InChI=1S/C31H37N4O5P/c1-3-19-37-41(36,38-20-4-2)31(40-29-12-7-23-5-6-25(30(33)34)21-26(23)22-29)24-8-10-27(11-9-24)39-28-13-16-35(17-14-28)18-15-32/h3-12,15,21-22,28,31-32H,1-2,13-14,16-20H2,(H3,33,34). The number of nitrogens with zero attached hydrogens (tertiary/aromatic N) is 1. The second kappa shape index (κ2) is 14.2. The normalized spacial score (nSPS) is 15.2. The molecule has 1 unspecified atom stereocenters. The summed E-state index contributed by atoms with van der Waals surface area (Å²) in [5, 5.41) is 16.8. The zero-order valence-corrected chi connectivity index (χ0v) is 23.9. The van der Waals surface area contributed by atoms with E-state index in [4.69, 9.17) is 35.1 Å². The number of piperidine rings is 1. The van der Waals surface area contributed by atoms with Gasteiger partial charge in [-0.2, -0.15) is 0 Å². The SMILES string of the molecule is C=CCOP(=O)(OCC=C)C(Oc1ccc2ccc(C(=N)N)cc2c1)c1ccc(OC2CCN(CC=N)CC2)cc1. The van der Waals surface area contributed by atoms with Crippen molar-refractivity contribution in [3.8, 4) is 11.5 Å². The average molecular weight is 577 g/mol. The van der Waals surface area contributed by atoms with Crippen LogP contribution in [0.5, 0.6) is 11.5 Å². The van der Waals surface area contributed by atoms with Crippen molar-refractivity contribution in [2.24, 2.45) is 5.73 Å². The van der Waals surface area contributed by atoms with Gasteiger partial charge in [-0.05, 0) is 53.9 Å². The third kappa shape index (κ3) is 7.93. The summed E-state index contributed by atoms with van der Waals surface area (Å²) in [7, 11) is -3.88. The van der Waals surface area contributed by atoms with Crippen molar-refractivity contribution in [3.05, 3.63) is 97.1 Å². The van der Waals surface area contributed by atoms with Crippen LogP contribution in [0.15, 0.2) is 86.0 Å². The Morgan fingerprint density at radius 2 is 1.61 bits per heavy atom. The van der Waals surface area contributed by atoms with Gasteiger partial charge in [0.15, 0.2) is 0 Å². The summed E-state index contributed by atoms with van der Waals surface area (Å²) < 4.78 is 38.2. The molecule has 1 fully saturated rings. The first-order chi connectivity index (χ1) is 19.8. The van der Waals surface area contributed by atoms with Gasteiger partial charge in [0.25, 0.3) is 0 Å². The lowest BCUT2D eigenvalue weighted by Crippen LogP contribution is -2.39. The molecule has 10 heteroatoms. The summed E-state index contributed by atoms with van der Waals surface area (Å²) in [5.74, 6) is 0.0314. The number of hydrogen-bond acceptors (Lipinski definition) is 8. The summed E-state index contributed by atoms with van der Waals surface area (Å²) in [4.78, 5) is 2.23. The number of hydrogen-bond donors (Lipinski definition) is 3. The van der Waals surface area contributed by atoms with Crippen LogP contribution in [0, 0.1) is 10.8 Å². The van der Waals surface area contributed by atoms with E-state index < -0.39 is 13.4 Å². The van der Waals surface area contributed by atoms with Crippen molar-refractivity contribution in [1.29, 1.82) is 10.8 Å². The minimum atomic E-state index is -3.88. The van der Waals surface area contributed by atoms with Gasteiger partial charge in [0.2, 0.25) is 5.85 Å². The van der Waals surface area contributed by atoms with E-state index in [1.807, 2.05) is 36.4 Å². The highest BCUT2D eigenvalue weighted by molar-refractivity contribution is 7.54. The minimum Gasteiger partial charge on any atom is -0.490 e. The lowest BCUT2D eigenvalue weighted by Gasteiger charge is -2.31. The molecule has 0 aromatic heterocycles. The second-order valence-electron chi connectivity index (χ2n) is 9.71. The number of rotatable bonds is 15. The molecule has 41 heavy (non-hydrogen) atoms. The molecule has 0 amide bonds. The fourth-order valence-electron chi connectivity index (χ4n) is 4.64. The number of likely N-dealkylation sites (tertiary alicyclic amines) is 1. The largest absolute Gasteiger partial charge is 0.490 e. The molecule has 0 radical (unpaired) electrons. The van der Waals surface area contributed by atoms with E-state index in [0.29, 0.717) is 29.2 Å². The first kappa shape index (κ1) is 30.2. The molecule has 4 N–H and O–H groups in total. The molecule has 9 nitrogen and oxygen atoms in total. The van der Waals surface area contributed by atoms with Crippen molar-refractivity contribution in [1.82, 2.24) is 4.90 Å². The van der Waals surface area contributed by atoms with Gasteiger partial charge < -0.3 is 29.7 Å². The molecule has 216 valence electrons. The Morgan fingerprint density at radius 1 is 0.976 bits per heavy atom. The van der Waals surface area contributed by atoms with Gasteiger partial charge in [-0.15, -0.1) is 13.2 Å². The van der Waals surface area contributed by atoms with Crippen LogP contribution in [0.25, 0.3) is 10.8 Å². The molecule has 0 saturated carbocycles. The van der Waals surface area contributed by atoms with E-state index in [1.54, 1.807) is 24.3 Å². The van der Waals surface area contributed by atoms with Crippen molar-refractivity contribution in [2.45, 2.75) is 24.8 Å². The predicted molar refractivity (Wildman–Crippen MR) is 164 cm³/mol. The molecule has 1 saturated heterocycles. The first-order valence-electron chi connectivity index (χ1n) is 13.5. The van der Waals surface area contributed by atoms with Gasteiger partial charge in [0, 0.05) is 37.0 Å². The topological polar surface area (TPSA) is 131 Å². The molecule has 4 rings (SSSR count). The van der Waals surface area contributed by atoms with Crippen LogP contribution in [0.2, 0.25) is 0 Å². The Bertz CT molecular complexity index is 1400. The van der Waals surface area contributed by atoms with Crippen molar-refractivity contribution < 1.29 is 23.1 Å². The number of amidine groups is 1. The van der Waals surface area contributed by atoms with Gasteiger partial charge in [-0.3, -0.25) is 14.9 Å². The Hall–Kier alpha value is -3.75. The third-order valence-electron chi connectivity index (χ3n) is 6.75. The minimum absolute atomic E-state index is 0.00580. The van der Waals surface area contributed by atoms with Crippen LogP contribution in [0.1, 0.15) is 29.8 Å². The van der Waals surface area contributed by atoms with Gasteiger partial charge in [-0.1, -0.05) is 42.5 Å². The number of nitrogen functional groups attached to an aromatic ring is 1. The smallest absolute Gasteiger partial charge is 0.376 e. The molecule has 1 heterocycles. The Balaban J connectivity index is 1.61. The summed E-state index contributed by atoms with van der Waals surface area (Å²) in [6, 6.07) is 18.2. The van der Waals surface area contributed by atoms with Gasteiger partial charge in [0.1, 0.15) is 23.4 Å². The lowest BCUT2D eigenvalue weighted by molar-refractivity contribution is 0.109. The highest BCUT2D eigenvalue weighted by atomic mass is 31.2. The van der Waals surface area contributed by atoms with E-state index in [1.165, 1.54) is 18.4 Å². The Morgan fingerprint density at radius 3 is 2.22 bits per heavy atom. The van der Waals surface area contributed by atoms with E-state index in [2.05, 4.69) is 18.1 Å². The fraction of sp³-hybridized carbons (Fsp3) is 0.290. The van der Waals surface area contributed by atoms with Crippen molar-refractivity contribution in [2.75, 3.05) is 32.8 Å². The van der Waals surface area contributed by atoms with Crippen molar-refractivity contribution in [3.63, 3.8) is 0 Å². The van der Waals surface area contributed by atoms with Crippen LogP contribution < -0.4 is 15.2 Å². The zero-order chi connectivity index (χ0) is 29.2. The summed E-state index contributed by atoms with van der Waals surface area (Å²) >= 11 is 0. The average Bonchev–Trinajstić information content (AvgIpc) is 2.99. The maximum atomic E-state index is 14.2. The van der Waals surface area contributed by atoms with Crippen LogP contribution in [0.3, 0.4) is 0 Å². The molecule has 0 bridgehead atoms. The summed E-state index contributed by atoms with van der Waals surface area (Å²) in [6.45, 7) is 9.81. The van der Waals surface area contributed by atoms with E-state index in [9.17, 15) is 4.57 Å². The summed E-state index contributed by atoms with van der Waals surface area (Å²) in [5.41, 5.74) is 6.87. The summed E-state index contributed by atoms with van der Waals surface area (Å²) in [6.07, 6.45) is 6.29. The van der Waals surface area contributed by atoms with Crippen LogP contribution in [-0.2, 0) is 13.6 Å². The maximum Gasteiger partial charge on any atom is 0.376 e. The molecule has 1 aliphatic heterocycles. The molecular formula is C31H37N4O5P. The molecule has 3 aromatic carbocycles. The number of nitrogens with one attached hydrogen (secondary N) is 2. The number of benzene rings is 3. The molecule has 0 spiro atoms. The predicted octanol–water partition coefficient (Wildman–Crippen LogP) is 6.29. The lowest BCUT2D eigenvalue weighted by atomic mass is 10.1. The molecular weight excluding hydrogens is 539 g/mol. The fourth-order valence-corrected chi connectivity index (χ4v) is 6.40. The van der Waals surface area contributed by atoms with Crippen LogP contribution in [-0.4, -0.2) is 55.9 Å². The third-order valence-corrected chi connectivity index (χ3v) is 8.75. The van der Waals surface area contributed by atoms with E-state index in [-0.39, 0.29) is 25.2 Å². The molecule has 1 aliphatic rings. The number of fused-ring (bicyclic) bond motifs is 1. The van der Waals surface area contributed by atoms with E-state index >= 15 is 0 Å². The molecule has 0 aliphatic carbocycles. The van der Waals surface area contributed by atoms with Crippen LogP contribution in [0.4, 0.5) is 0 Å². The Kier molecular flexibility index (Phi) is 10.5. The highest BCUT2D eigenvalue weighted by Gasteiger charge is 2.39. The zero-order valence-electron chi connectivity index (χ0n) is 23.0. The maximum absolute atomic E-state index is 14.2. The number of nitrogens with two attached hydrogens (primary N) is 1. The van der Waals surface area contributed by atoms with Gasteiger partial charge in [-0.25, -0.2) is 0 Å². The Labute approximate surface area is 241 Å². The molecule has 1 atom stereocenters. The quantitative estimate of drug-likeness (QED) is 0.0838. The molecule has 3 aromatic rings. The monoisotopic (exact) mass is 576 g/mol. The van der Waals surface area contributed by atoms with Crippen LogP contribution >= 0.6 is 7.60 Å². The van der Waals surface area contributed by atoms with E-state index in [0.717, 1.165) is 36.7 Å². The van der Waals surface area contributed by atoms with Gasteiger partial charge >= 0.3 is 7.60 Å². The van der Waals surface area contributed by atoms with Gasteiger partial charge in [0.05, 0.1) is 13.2 Å².